The van der Waals surface area contributed by atoms with Crippen LogP contribution < -0.4 is 0 Å². The summed E-state index contributed by atoms with van der Waals surface area (Å²) in [5.41, 5.74) is 4.90. The highest BCUT2D eigenvalue weighted by atomic mass is 16.2. The topological polar surface area (TPSA) is 46.1 Å². The first-order chi connectivity index (χ1) is 11.1. The SMILES string of the molecule is Cc1cc(C)cc(C2CCN(C(=O)CCc3ccncn3)C2)c1. The summed E-state index contributed by atoms with van der Waals surface area (Å²) in [6.07, 6.45) is 5.52. The number of aromatic nitrogens is 2. The van der Waals surface area contributed by atoms with Gasteiger partial charge in [0.05, 0.1) is 0 Å². The molecule has 1 aliphatic rings. The van der Waals surface area contributed by atoms with Crippen LogP contribution in [0.2, 0.25) is 0 Å². The Morgan fingerprint density at radius 3 is 2.74 bits per heavy atom. The van der Waals surface area contributed by atoms with E-state index in [-0.39, 0.29) is 5.91 Å². The number of hydrogen-bond donors (Lipinski definition) is 0. The molecule has 0 saturated carbocycles. The summed E-state index contributed by atoms with van der Waals surface area (Å²) in [4.78, 5) is 22.5. The first-order valence-electron chi connectivity index (χ1n) is 8.22. The van der Waals surface area contributed by atoms with Crippen molar-refractivity contribution in [1.29, 1.82) is 0 Å². The molecule has 1 aliphatic heterocycles. The second-order valence-corrected chi connectivity index (χ2v) is 6.45. The number of carbonyl (C=O) groups is 1. The van der Waals surface area contributed by atoms with Crippen LogP contribution in [0.1, 0.15) is 41.1 Å². The average Bonchev–Trinajstić information content (AvgIpc) is 3.03. The van der Waals surface area contributed by atoms with Crippen molar-refractivity contribution in [3.8, 4) is 0 Å². The molecule has 4 nitrogen and oxygen atoms in total. The van der Waals surface area contributed by atoms with Gasteiger partial charge in [-0.3, -0.25) is 4.79 Å². The molecule has 1 aromatic carbocycles. The number of amides is 1. The maximum Gasteiger partial charge on any atom is 0.222 e. The van der Waals surface area contributed by atoms with E-state index in [0.29, 0.717) is 18.8 Å². The van der Waals surface area contributed by atoms with Crippen molar-refractivity contribution in [3.63, 3.8) is 0 Å². The van der Waals surface area contributed by atoms with E-state index >= 15 is 0 Å². The Balaban J connectivity index is 1.57. The molecule has 0 bridgehead atoms. The van der Waals surface area contributed by atoms with Crippen LogP contribution in [0.15, 0.2) is 36.8 Å². The lowest BCUT2D eigenvalue weighted by Crippen LogP contribution is -2.28. The second kappa shape index (κ2) is 6.90. The van der Waals surface area contributed by atoms with Crippen LogP contribution in [-0.4, -0.2) is 33.9 Å². The van der Waals surface area contributed by atoms with Gasteiger partial charge < -0.3 is 4.90 Å². The van der Waals surface area contributed by atoms with Crippen molar-refractivity contribution in [3.05, 3.63) is 59.2 Å². The molecule has 0 aliphatic carbocycles. The van der Waals surface area contributed by atoms with Gasteiger partial charge >= 0.3 is 0 Å². The summed E-state index contributed by atoms with van der Waals surface area (Å²) in [5, 5.41) is 0. The van der Waals surface area contributed by atoms with Gasteiger partial charge in [0, 0.05) is 37.3 Å². The maximum atomic E-state index is 12.4. The molecule has 2 aromatic rings. The van der Waals surface area contributed by atoms with E-state index < -0.39 is 0 Å². The fraction of sp³-hybridized carbons (Fsp3) is 0.421. The molecule has 2 heterocycles. The lowest BCUT2D eigenvalue weighted by atomic mass is 9.95. The highest BCUT2D eigenvalue weighted by Gasteiger charge is 2.27. The molecular weight excluding hydrogens is 286 g/mol. The third-order valence-electron chi connectivity index (χ3n) is 4.49. The van der Waals surface area contributed by atoms with Crippen molar-refractivity contribution in [2.75, 3.05) is 13.1 Å². The summed E-state index contributed by atoms with van der Waals surface area (Å²) < 4.78 is 0. The monoisotopic (exact) mass is 309 g/mol. The minimum atomic E-state index is 0.232. The lowest BCUT2D eigenvalue weighted by Gasteiger charge is -2.17. The number of benzene rings is 1. The van der Waals surface area contributed by atoms with Crippen LogP contribution in [0, 0.1) is 13.8 Å². The smallest absolute Gasteiger partial charge is 0.222 e. The van der Waals surface area contributed by atoms with Crippen molar-refractivity contribution in [2.45, 2.75) is 39.0 Å². The van der Waals surface area contributed by atoms with E-state index in [0.717, 1.165) is 25.2 Å². The quantitative estimate of drug-likeness (QED) is 0.872. The maximum absolute atomic E-state index is 12.4. The predicted molar refractivity (Wildman–Crippen MR) is 90.2 cm³/mol. The van der Waals surface area contributed by atoms with Crippen molar-refractivity contribution in [1.82, 2.24) is 14.9 Å². The summed E-state index contributed by atoms with van der Waals surface area (Å²) >= 11 is 0. The molecule has 0 radical (unpaired) electrons. The van der Waals surface area contributed by atoms with Crippen LogP contribution in [0.25, 0.3) is 0 Å². The summed E-state index contributed by atoms with van der Waals surface area (Å²) in [6.45, 7) is 5.97. The molecule has 0 spiro atoms. The first-order valence-corrected chi connectivity index (χ1v) is 8.22. The lowest BCUT2D eigenvalue weighted by molar-refractivity contribution is -0.130. The normalized spacial score (nSPS) is 17.5. The van der Waals surface area contributed by atoms with Gasteiger partial charge in [0.1, 0.15) is 6.33 Å². The zero-order chi connectivity index (χ0) is 16.2. The molecule has 1 aromatic heterocycles. The molecule has 23 heavy (non-hydrogen) atoms. The van der Waals surface area contributed by atoms with Crippen LogP contribution in [0.4, 0.5) is 0 Å². The fourth-order valence-corrected chi connectivity index (χ4v) is 3.36. The first kappa shape index (κ1) is 15.7. The number of likely N-dealkylation sites (tertiary alicyclic amines) is 1. The molecule has 0 N–H and O–H groups in total. The van der Waals surface area contributed by atoms with E-state index in [9.17, 15) is 4.79 Å². The van der Waals surface area contributed by atoms with E-state index in [1.807, 2.05) is 11.0 Å². The number of hydrogen-bond acceptors (Lipinski definition) is 3. The largest absolute Gasteiger partial charge is 0.342 e. The molecule has 1 atom stereocenters. The average molecular weight is 309 g/mol. The molecule has 4 heteroatoms. The molecule has 3 rings (SSSR count). The Bertz CT molecular complexity index is 664. The van der Waals surface area contributed by atoms with Crippen LogP contribution in [0.3, 0.4) is 0 Å². The summed E-state index contributed by atoms with van der Waals surface area (Å²) in [5.74, 6) is 0.701. The van der Waals surface area contributed by atoms with E-state index in [1.54, 1.807) is 6.20 Å². The summed E-state index contributed by atoms with van der Waals surface area (Å²) in [6, 6.07) is 8.58. The van der Waals surface area contributed by atoms with Crippen molar-refractivity contribution >= 4 is 5.91 Å². The molecule has 1 amide bonds. The van der Waals surface area contributed by atoms with E-state index in [2.05, 4.69) is 42.0 Å². The van der Waals surface area contributed by atoms with Crippen molar-refractivity contribution in [2.24, 2.45) is 0 Å². The second-order valence-electron chi connectivity index (χ2n) is 6.45. The Morgan fingerprint density at radius 2 is 2.04 bits per heavy atom. The van der Waals surface area contributed by atoms with Gasteiger partial charge in [-0.2, -0.15) is 0 Å². The van der Waals surface area contributed by atoms with Gasteiger partial charge in [-0.15, -0.1) is 0 Å². The van der Waals surface area contributed by atoms with E-state index in [1.165, 1.54) is 23.0 Å². The minimum Gasteiger partial charge on any atom is -0.342 e. The van der Waals surface area contributed by atoms with Crippen LogP contribution >= 0.6 is 0 Å². The van der Waals surface area contributed by atoms with Gasteiger partial charge in [-0.1, -0.05) is 29.3 Å². The van der Waals surface area contributed by atoms with Gasteiger partial charge in [0.2, 0.25) is 5.91 Å². The zero-order valence-corrected chi connectivity index (χ0v) is 13.8. The van der Waals surface area contributed by atoms with Gasteiger partial charge in [0.25, 0.3) is 0 Å². The molecule has 120 valence electrons. The Hall–Kier alpha value is -2.23. The minimum absolute atomic E-state index is 0.232. The number of aryl methyl sites for hydroxylation is 3. The molecule has 1 unspecified atom stereocenters. The number of nitrogens with zero attached hydrogens (tertiary/aromatic N) is 3. The number of carbonyl (C=O) groups excluding carboxylic acids is 1. The Morgan fingerprint density at radius 1 is 1.26 bits per heavy atom. The summed E-state index contributed by atoms with van der Waals surface area (Å²) in [7, 11) is 0. The Labute approximate surface area is 137 Å². The third-order valence-corrected chi connectivity index (χ3v) is 4.49. The van der Waals surface area contributed by atoms with Gasteiger partial charge in [0.15, 0.2) is 0 Å². The van der Waals surface area contributed by atoms with Crippen molar-refractivity contribution < 1.29 is 4.79 Å². The zero-order valence-electron chi connectivity index (χ0n) is 13.8. The Kier molecular flexibility index (Phi) is 4.70. The van der Waals surface area contributed by atoms with Crippen LogP contribution in [0.5, 0.6) is 0 Å². The van der Waals surface area contributed by atoms with Gasteiger partial charge in [-0.05, 0) is 38.3 Å². The predicted octanol–water partition coefficient (Wildman–Crippen LogP) is 3.04. The molecule has 1 saturated heterocycles. The standard InChI is InChI=1S/C19H23N3O/c1-14-9-15(2)11-17(10-14)16-6-8-22(12-16)19(23)4-3-18-5-7-20-13-21-18/h5,7,9-11,13,16H,3-4,6,8,12H2,1-2H3. The van der Waals surface area contributed by atoms with Gasteiger partial charge in [-0.25, -0.2) is 9.97 Å². The molecule has 1 fully saturated rings. The highest BCUT2D eigenvalue weighted by molar-refractivity contribution is 5.76. The van der Waals surface area contributed by atoms with E-state index in [4.69, 9.17) is 0 Å². The number of rotatable bonds is 4. The molecular formula is C19H23N3O. The fourth-order valence-electron chi connectivity index (χ4n) is 3.36. The highest BCUT2D eigenvalue weighted by Crippen LogP contribution is 2.29. The van der Waals surface area contributed by atoms with Crippen LogP contribution in [-0.2, 0) is 11.2 Å². The third kappa shape index (κ3) is 3.95.